The predicted octanol–water partition coefficient (Wildman–Crippen LogP) is 1.43. The molecule has 0 saturated carbocycles. The molecule has 0 atom stereocenters. The first-order valence-corrected chi connectivity index (χ1v) is 9.99. The van der Waals surface area contributed by atoms with Gasteiger partial charge >= 0.3 is 0 Å². The van der Waals surface area contributed by atoms with Gasteiger partial charge in [0.05, 0.1) is 12.9 Å². The maximum absolute atomic E-state index is 12.0. The standard InChI is InChI=1S/C19H32N8O2/c1-5-6-9-21-18-24-16(20)15-17(25-18)27(12-23-15)10-7-8-13(28)22-11-14(29)26-19(2,3)4/h12H,5-11H2,1-4H3,(H,22,28)(H,26,29)(H3,20,21,24,25). The van der Waals surface area contributed by atoms with Gasteiger partial charge in [-0.25, -0.2) is 4.98 Å². The fourth-order valence-corrected chi connectivity index (χ4v) is 2.73. The first kappa shape index (κ1) is 22.4. The molecule has 0 fully saturated rings. The SMILES string of the molecule is CCCCNc1nc(N)c2ncn(CCCC(=O)NCC(=O)NC(C)(C)C)c2n1. The Morgan fingerprint density at radius 3 is 2.62 bits per heavy atom. The number of unbranched alkanes of at least 4 members (excludes halogenated alkanes) is 1. The van der Waals surface area contributed by atoms with Gasteiger partial charge in [-0.3, -0.25) is 9.59 Å². The van der Waals surface area contributed by atoms with Gasteiger partial charge < -0.3 is 26.3 Å². The van der Waals surface area contributed by atoms with Crippen LogP contribution in [0.2, 0.25) is 0 Å². The molecule has 0 radical (unpaired) electrons. The first-order chi connectivity index (χ1) is 13.7. The molecule has 2 aromatic heterocycles. The number of aryl methyl sites for hydroxylation is 1. The van der Waals surface area contributed by atoms with E-state index in [2.05, 4.69) is 37.8 Å². The van der Waals surface area contributed by atoms with Crippen molar-refractivity contribution in [3.8, 4) is 0 Å². The zero-order valence-corrected chi connectivity index (χ0v) is 17.7. The molecule has 2 rings (SSSR count). The van der Waals surface area contributed by atoms with Gasteiger partial charge in [-0.05, 0) is 33.6 Å². The van der Waals surface area contributed by atoms with E-state index in [-0.39, 0.29) is 23.9 Å². The predicted molar refractivity (Wildman–Crippen MR) is 113 cm³/mol. The summed E-state index contributed by atoms with van der Waals surface area (Å²) in [7, 11) is 0. The van der Waals surface area contributed by atoms with Gasteiger partial charge in [-0.2, -0.15) is 9.97 Å². The monoisotopic (exact) mass is 404 g/mol. The first-order valence-electron chi connectivity index (χ1n) is 9.99. The number of amides is 2. The fourth-order valence-electron chi connectivity index (χ4n) is 2.73. The molecule has 0 aliphatic heterocycles. The Morgan fingerprint density at radius 1 is 1.17 bits per heavy atom. The quantitative estimate of drug-likeness (QED) is 0.439. The molecule has 0 aromatic carbocycles. The van der Waals surface area contributed by atoms with Crippen molar-refractivity contribution in [1.82, 2.24) is 30.2 Å². The third-order valence-electron chi connectivity index (χ3n) is 4.07. The van der Waals surface area contributed by atoms with E-state index in [1.165, 1.54) is 0 Å². The summed E-state index contributed by atoms with van der Waals surface area (Å²) >= 11 is 0. The van der Waals surface area contributed by atoms with Crippen LogP contribution in [0.4, 0.5) is 11.8 Å². The lowest BCUT2D eigenvalue weighted by Crippen LogP contribution is -2.45. The van der Waals surface area contributed by atoms with E-state index in [0.29, 0.717) is 42.3 Å². The number of nitrogens with zero attached hydrogens (tertiary/aromatic N) is 4. The van der Waals surface area contributed by atoms with Crippen LogP contribution in [0.1, 0.15) is 53.4 Å². The van der Waals surface area contributed by atoms with Crippen molar-refractivity contribution in [2.24, 2.45) is 0 Å². The number of imidazole rings is 1. The number of aromatic nitrogens is 4. The number of hydrogen-bond donors (Lipinski definition) is 4. The molecule has 10 nitrogen and oxygen atoms in total. The van der Waals surface area contributed by atoms with E-state index >= 15 is 0 Å². The zero-order chi connectivity index (χ0) is 21.4. The molecule has 2 aromatic rings. The highest BCUT2D eigenvalue weighted by molar-refractivity contribution is 5.85. The summed E-state index contributed by atoms with van der Waals surface area (Å²) in [5.74, 6) is 0.430. The maximum atomic E-state index is 12.0. The molecule has 2 heterocycles. The van der Waals surface area contributed by atoms with Crippen LogP contribution >= 0.6 is 0 Å². The lowest BCUT2D eigenvalue weighted by molar-refractivity contribution is -0.126. The van der Waals surface area contributed by atoms with Crippen LogP contribution < -0.4 is 21.7 Å². The van der Waals surface area contributed by atoms with Crippen LogP contribution in [0.3, 0.4) is 0 Å². The minimum Gasteiger partial charge on any atom is -0.382 e. The number of anilines is 2. The van der Waals surface area contributed by atoms with Gasteiger partial charge in [0, 0.05) is 25.0 Å². The van der Waals surface area contributed by atoms with E-state index in [4.69, 9.17) is 5.73 Å². The molecule has 29 heavy (non-hydrogen) atoms. The normalized spacial score (nSPS) is 11.4. The Labute approximate surface area is 171 Å². The Bertz CT molecular complexity index is 841. The van der Waals surface area contributed by atoms with Crippen molar-refractivity contribution >= 4 is 34.7 Å². The van der Waals surface area contributed by atoms with Gasteiger partial charge in [0.1, 0.15) is 5.52 Å². The van der Waals surface area contributed by atoms with Crippen LogP contribution in [0, 0.1) is 0 Å². The third kappa shape index (κ3) is 7.20. The van der Waals surface area contributed by atoms with Gasteiger partial charge in [0.25, 0.3) is 0 Å². The highest BCUT2D eigenvalue weighted by Gasteiger charge is 2.15. The van der Waals surface area contributed by atoms with Crippen LogP contribution in [0.25, 0.3) is 11.2 Å². The minimum atomic E-state index is -0.321. The summed E-state index contributed by atoms with van der Waals surface area (Å²) in [4.78, 5) is 36.8. The molecular formula is C19H32N8O2. The van der Waals surface area contributed by atoms with E-state index in [0.717, 1.165) is 19.4 Å². The van der Waals surface area contributed by atoms with E-state index in [9.17, 15) is 9.59 Å². The van der Waals surface area contributed by atoms with Gasteiger partial charge in [-0.15, -0.1) is 0 Å². The Hall–Kier alpha value is -2.91. The van der Waals surface area contributed by atoms with E-state index < -0.39 is 0 Å². The Morgan fingerprint density at radius 2 is 1.93 bits per heavy atom. The zero-order valence-electron chi connectivity index (χ0n) is 17.7. The summed E-state index contributed by atoms with van der Waals surface area (Å²) in [5.41, 5.74) is 6.86. The van der Waals surface area contributed by atoms with E-state index in [1.807, 2.05) is 25.3 Å². The molecule has 0 spiro atoms. The van der Waals surface area contributed by atoms with Crippen molar-refractivity contribution in [1.29, 1.82) is 0 Å². The molecule has 5 N–H and O–H groups in total. The average Bonchev–Trinajstić information content (AvgIpc) is 3.02. The minimum absolute atomic E-state index is 0.0271. The Balaban J connectivity index is 1.87. The number of carbonyl (C=O) groups excluding carboxylic acids is 2. The highest BCUT2D eigenvalue weighted by atomic mass is 16.2. The van der Waals surface area contributed by atoms with E-state index in [1.54, 1.807) is 6.33 Å². The number of rotatable bonds is 10. The number of nitrogens with one attached hydrogen (secondary N) is 3. The fraction of sp³-hybridized carbons (Fsp3) is 0.632. The number of nitrogen functional groups attached to an aromatic ring is 1. The summed E-state index contributed by atoms with van der Waals surface area (Å²) in [6.07, 6.45) is 4.62. The van der Waals surface area contributed by atoms with Gasteiger partial charge in [0.2, 0.25) is 17.8 Å². The van der Waals surface area contributed by atoms with Crippen LogP contribution in [0.5, 0.6) is 0 Å². The number of fused-ring (bicyclic) bond motifs is 1. The molecule has 0 bridgehead atoms. The second-order valence-electron chi connectivity index (χ2n) is 8.00. The number of hydrogen-bond acceptors (Lipinski definition) is 7. The summed E-state index contributed by atoms with van der Waals surface area (Å²) in [5, 5.41) is 8.61. The summed E-state index contributed by atoms with van der Waals surface area (Å²) in [6.45, 7) is 9.10. The van der Waals surface area contributed by atoms with Crippen molar-refractivity contribution in [2.75, 3.05) is 24.1 Å². The molecule has 2 amide bonds. The second kappa shape index (κ2) is 10.0. The summed E-state index contributed by atoms with van der Waals surface area (Å²) < 4.78 is 1.86. The average molecular weight is 405 g/mol. The molecule has 0 aliphatic carbocycles. The molecule has 0 saturated heterocycles. The third-order valence-corrected chi connectivity index (χ3v) is 4.07. The molecule has 10 heteroatoms. The largest absolute Gasteiger partial charge is 0.382 e. The second-order valence-corrected chi connectivity index (χ2v) is 8.00. The van der Waals surface area contributed by atoms with Gasteiger partial charge in [0.15, 0.2) is 11.5 Å². The molecule has 0 aliphatic rings. The van der Waals surface area contributed by atoms with Crippen LogP contribution in [-0.4, -0.2) is 50.0 Å². The summed E-state index contributed by atoms with van der Waals surface area (Å²) in [6, 6.07) is 0. The van der Waals surface area contributed by atoms with Crippen LogP contribution in [-0.2, 0) is 16.1 Å². The van der Waals surface area contributed by atoms with Gasteiger partial charge in [-0.1, -0.05) is 13.3 Å². The van der Waals surface area contributed by atoms with Crippen molar-refractivity contribution in [2.45, 2.75) is 65.5 Å². The highest BCUT2D eigenvalue weighted by Crippen LogP contribution is 2.18. The topological polar surface area (TPSA) is 140 Å². The molecule has 160 valence electrons. The number of nitrogens with two attached hydrogens (primary N) is 1. The molecular weight excluding hydrogens is 372 g/mol. The van der Waals surface area contributed by atoms with Crippen molar-refractivity contribution in [3.63, 3.8) is 0 Å². The van der Waals surface area contributed by atoms with Crippen molar-refractivity contribution < 1.29 is 9.59 Å². The van der Waals surface area contributed by atoms with Crippen LogP contribution in [0.15, 0.2) is 6.33 Å². The maximum Gasteiger partial charge on any atom is 0.239 e. The lowest BCUT2D eigenvalue weighted by atomic mass is 10.1. The lowest BCUT2D eigenvalue weighted by Gasteiger charge is -2.20. The number of carbonyl (C=O) groups is 2. The van der Waals surface area contributed by atoms with Crippen molar-refractivity contribution in [3.05, 3.63) is 6.33 Å². The smallest absolute Gasteiger partial charge is 0.239 e. The Kier molecular flexibility index (Phi) is 7.74. The molecule has 0 unspecified atom stereocenters.